The molecule has 0 aromatic carbocycles. The third-order valence-corrected chi connectivity index (χ3v) is 3.94. The van der Waals surface area contributed by atoms with Crippen LogP contribution in [0.2, 0.25) is 0 Å². The Morgan fingerprint density at radius 1 is 1.33 bits per heavy atom. The lowest BCUT2D eigenvalue weighted by molar-refractivity contribution is -0.152. The molecule has 5 amide bonds. The first-order valence-electron chi connectivity index (χ1n) is 6.94. The van der Waals surface area contributed by atoms with E-state index >= 15 is 0 Å². The summed E-state index contributed by atoms with van der Waals surface area (Å²) in [5.41, 5.74) is -1.17. The minimum atomic E-state index is -1.17. The highest BCUT2D eigenvalue weighted by molar-refractivity contribution is 6.20. The van der Waals surface area contributed by atoms with Crippen LogP contribution in [0.15, 0.2) is 0 Å². The van der Waals surface area contributed by atoms with E-state index in [0.717, 1.165) is 17.7 Å². The van der Waals surface area contributed by atoms with Gasteiger partial charge in [0.15, 0.2) is 0 Å². The summed E-state index contributed by atoms with van der Waals surface area (Å²) in [7, 11) is 1.50. The Balaban J connectivity index is 2.04. The number of urea groups is 1. The molecule has 1 saturated heterocycles. The van der Waals surface area contributed by atoms with E-state index in [2.05, 4.69) is 10.6 Å². The number of carbonyl (C=O) groups excluding carboxylic acids is 4. The molecule has 0 atom stereocenters. The van der Waals surface area contributed by atoms with E-state index in [4.69, 9.17) is 4.74 Å². The number of rotatable bonds is 5. The number of ether oxygens (including phenoxy) is 1. The van der Waals surface area contributed by atoms with Crippen LogP contribution in [0.4, 0.5) is 4.79 Å². The molecule has 1 aliphatic heterocycles. The Kier molecular flexibility index (Phi) is 4.56. The van der Waals surface area contributed by atoms with E-state index in [9.17, 15) is 19.2 Å². The maximum atomic E-state index is 12.5. The Morgan fingerprint density at radius 3 is 2.62 bits per heavy atom. The Labute approximate surface area is 122 Å². The van der Waals surface area contributed by atoms with Crippen LogP contribution in [-0.2, 0) is 19.1 Å². The first kappa shape index (κ1) is 15.4. The average molecular weight is 297 g/mol. The molecule has 1 spiro atoms. The quantitative estimate of drug-likeness (QED) is 0.520. The summed E-state index contributed by atoms with van der Waals surface area (Å²) in [6, 6.07) is -0.829. The van der Waals surface area contributed by atoms with E-state index in [1.54, 1.807) is 0 Å². The summed E-state index contributed by atoms with van der Waals surface area (Å²) >= 11 is 0. The van der Waals surface area contributed by atoms with Crippen molar-refractivity contribution in [1.82, 2.24) is 15.5 Å². The molecule has 0 aromatic rings. The van der Waals surface area contributed by atoms with Crippen molar-refractivity contribution in [3.8, 4) is 0 Å². The lowest BCUT2D eigenvalue weighted by Crippen LogP contribution is -2.64. The number of hydrogen-bond acceptors (Lipinski definition) is 5. The van der Waals surface area contributed by atoms with Gasteiger partial charge in [-0.15, -0.1) is 0 Å². The lowest BCUT2D eigenvalue weighted by atomic mass is 9.82. The van der Waals surface area contributed by atoms with Gasteiger partial charge >= 0.3 is 6.03 Å². The fourth-order valence-corrected chi connectivity index (χ4v) is 2.79. The summed E-state index contributed by atoms with van der Waals surface area (Å²) < 4.78 is 4.80. The van der Waals surface area contributed by atoms with Gasteiger partial charge in [-0.25, -0.2) is 4.79 Å². The van der Waals surface area contributed by atoms with Crippen molar-refractivity contribution in [2.45, 2.75) is 25.7 Å². The zero-order valence-electron chi connectivity index (χ0n) is 11.9. The van der Waals surface area contributed by atoms with Crippen molar-refractivity contribution < 1.29 is 23.9 Å². The molecule has 116 valence electrons. The number of nitrogens with one attached hydrogen (secondary N) is 2. The molecule has 2 aliphatic rings. The summed E-state index contributed by atoms with van der Waals surface area (Å²) in [6.07, 6.45) is 2.38. The van der Waals surface area contributed by atoms with Gasteiger partial charge in [-0.1, -0.05) is 12.8 Å². The van der Waals surface area contributed by atoms with Crippen LogP contribution in [0.3, 0.4) is 0 Å². The monoisotopic (exact) mass is 297 g/mol. The third kappa shape index (κ3) is 2.90. The molecule has 0 radical (unpaired) electrons. The van der Waals surface area contributed by atoms with Gasteiger partial charge in [-0.2, -0.15) is 0 Å². The molecule has 2 rings (SSSR count). The number of imide groups is 2. The number of carbonyl (C=O) groups is 4. The highest BCUT2D eigenvalue weighted by atomic mass is 16.5. The van der Waals surface area contributed by atoms with Crippen LogP contribution in [0.5, 0.6) is 0 Å². The van der Waals surface area contributed by atoms with Gasteiger partial charge in [0.05, 0.1) is 6.61 Å². The van der Waals surface area contributed by atoms with Crippen LogP contribution in [0, 0.1) is 5.41 Å². The van der Waals surface area contributed by atoms with E-state index in [-0.39, 0.29) is 6.54 Å². The molecule has 0 bridgehead atoms. The number of hydrogen-bond donors (Lipinski definition) is 2. The highest BCUT2D eigenvalue weighted by Crippen LogP contribution is 2.41. The maximum absolute atomic E-state index is 12.5. The number of amides is 5. The van der Waals surface area contributed by atoms with Crippen LogP contribution < -0.4 is 10.6 Å². The molecule has 1 heterocycles. The average Bonchev–Trinajstić information content (AvgIpc) is 2.93. The minimum absolute atomic E-state index is 0.295. The van der Waals surface area contributed by atoms with Crippen molar-refractivity contribution in [2.24, 2.45) is 5.41 Å². The molecule has 0 aromatic heterocycles. The minimum Gasteiger partial charge on any atom is -0.383 e. The molecule has 21 heavy (non-hydrogen) atoms. The predicted molar refractivity (Wildman–Crippen MR) is 71.0 cm³/mol. The second-order valence-electron chi connectivity index (χ2n) is 5.28. The molecule has 2 fully saturated rings. The summed E-state index contributed by atoms with van der Waals surface area (Å²) in [5, 5.41) is 4.73. The summed E-state index contributed by atoms with van der Waals surface area (Å²) in [4.78, 5) is 48.8. The van der Waals surface area contributed by atoms with Crippen molar-refractivity contribution in [2.75, 3.05) is 26.8 Å². The Morgan fingerprint density at radius 2 is 2.00 bits per heavy atom. The first-order valence-corrected chi connectivity index (χ1v) is 6.94. The maximum Gasteiger partial charge on any atom is 0.331 e. The molecule has 1 aliphatic carbocycles. The number of nitrogens with zero attached hydrogens (tertiary/aromatic N) is 1. The van der Waals surface area contributed by atoms with Crippen LogP contribution >= 0.6 is 0 Å². The van der Waals surface area contributed by atoms with Crippen molar-refractivity contribution >= 4 is 23.8 Å². The largest absolute Gasteiger partial charge is 0.383 e. The van der Waals surface area contributed by atoms with Gasteiger partial charge in [-0.3, -0.25) is 24.6 Å². The third-order valence-electron chi connectivity index (χ3n) is 3.94. The van der Waals surface area contributed by atoms with Gasteiger partial charge in [0, 0.05) is 13.7 Å². The summed E-state index contributed by atoms with van der Waals surface area (Å²) in [5.74, 6) is -1.56. The van der Waals surface area contributed by atoms with E-state index in [1.807, 2.05) is 0 Å². The molecule has 8 nitrogen and oxygen atoms in total. The van der Waals surface area contributed by atoms with Gasteiger partial charge in [0.25, 0.3) is 0 Å². The fourth-order valence-electron chi connectivity index (χ4n) is 2.79. The zero-order chi connectivity index (χ0) is 15.5. The molecular weight excluding hydrogens is 278 g/mol. The first-order chi connectivity index (χ1) is 10.0. The second-order valence-corrected chi connectivity index (χ2v) is 5.28. The smallest absolute Gasteiger partial charge is 0.331 e. The van der Waals surface area contributed by atoms with Crippen molar-refractivity contribution in [3.05, 3.63) is 0 Å². The van der Waals surface area contributed by atoms with Crippen LogP contribution in [-0.4, -0.2) is 55.5 Å². The number of barbiturate groups is 1. The Bertz CT molecular complexity index is 470. The van der Waals surface area contributed by atoms with Crippen molar-refractivity contribution in [3.63, 3.8) is 0 Å². The lowest BCUT2D eigenvalue weighted by Gasteiger charge is -2.36. The van der Waals surface area contributed by atoms with Crippen LogP contribution in [0.1, 0.15) is 25.7 Å². The van der Waals surface area contributed by atoms with E-state index in [1.165, 1.54) is 7.11 Å². The predicted octanol–water partition coefficient (Wildman–Crippen LogP) is -0.612. The number of methoxy groups -OCH3 is 1. The molecular formula is C13H19N3O5. The molecule has 0 unspecified atom stereocenters. The van der Waals surface area contributed by atoms with Gasteiger partial charge in [0.2, 0.25) is 17.7 Å². The SMILES string of the molecule is COCCNC(=O)CN1C(=O)NC(=O)C2(CCCC2)C1=O. The molecule has 8 heteroatoms. The fraction of sp³-hybridized carbons (Fsp3) is 0.692. The molecule has 1 saturated carbocycles. The zero-order valence-corrected chi connectivity index (χ0v) is 11.9. The topological polar surface area (TPSA) is 105 Å². The van der Waals surface area contributed by atoms with E-state index in [0.29, 0.717) is 26.0 Å². The normalized spacial score (nSPS) is 20.8. The second kappa shape index (κ2) is 6.21. The van der Waals surface area contributed by atoms with Crippen molar-refractivity contribution in [1.29, 1.82) is 0 Å². The standard InChI is InChI=1S/C13H19N3O5/c1-21-7-6-14-9(17)8-16-11(19)13(4-2-3-5-13)10(18)15-12(16)20/h2-8H2,1H3,(H,14,17)(H,15,18,20). The Hall–Kier alpha value is -1.96. The van der Waals surface area contributed by atoms with Crippen LogP contribution in [0.25, 0.3) is 0 Å². The van der Waals surface area contributed by atoms with Gasteiger partial charge in [-0.05, 0) is 12.8 Å². The van der Waals surface area contributed by atoms with Gasteiger partial charge < -0.3 is 10.1 Å². The highest BCUT2D eigenvalue weighted by Gasteiger charge is 2.55. The van der Waals surface area contributed by atoms with Gasteiger partial charge in [0.1, 0.15) is 12.0 Å². The summed E-state index contributed by atoms with van der Waals surface area (Å²) in [6.45, 7) is 0.251. The molecule has 2 N–H and O–H groups in total. The van der Waals surface area contributed by atoms with E-state index < -0.39 is 29.2 Å².